The van der Waals surface area contributed by atoms with Crippen molar-refractivity contribution >= 4 is 17.7 Å². The Morgan fingerprint density at radius 3 is 2.38 bits per heavy atom. The number of rotatable bonds is 6. The van der Waals surface area contributed by atoms with Gasteiger partial charge in [-0.2, -0.15) is 0 Å². The van der Waals surface area contributed by atoms with Crippen LogP contribution in [0.5, 0.6) is 5.75 Å². The summed E-state index contributed by atoms with van der Waals surface area (Å²) in [5, 5.41) is 0.637. The highest BCUT2D eigenvalue weighted by Crippen LogP contribution is 2.32. The van der Waals surface area contributed by atoms with Gasteiger partial charge in [-0.1, -0.05) is 24.4 Å². The van der Waals surface area contributed by atoms with E-state index in [0.29, 0.717) is 10.8 Å². The van der Waals surface area contributed by atoms with E-state index in [1.54, 1.807) is 29.2 Å². The van der Waals surface area contributed by atoms with E-state index in [-0.39, 0.29) is 6.09 Å². The Morgan fingerprint density at radius 2 is 1.73 bits per heavy atom. The highest BCUT2D eigenvalue weighted by Gasteiger charge is 2.24. The minimum absolute atomic E-state index is 0.296. The zero-order valence-electron chi connectivity index (χ0n) is 15.8. The number of likely N-dealkylation sites (tertiary alicyclic amines) is 1. The van der Waals surface area contributed by atoms with E-state index in [0.717, 1.165) is 24.8 Å². The first-order chi connectivity index (χ1) is 12.6. The van der Waals surface area contributed by atoms with Gasteiger partial charge in [0.15, 0.2) is 0 Å². The second kappa shape index (κ2) is 9.61. The van der Waals surface area contributed by atoms with E-state index in [1.165, 1.54) is 58.2 Å². The highest BCUT2D eigenvalue weighted by molar-refractivity contribution is 6.30. The van der Waals surface area contributed by atoms with Gasteiger partial charge in [-0.25, -0.2) is 4.79 Å². The average molecular weight is 379 g/mol. The molecule has 1 heterocycles. The van der Waals surface area contributed by atoms with Crippen molar-refractivity contribution in [3.05, 3.63) is 29.3 Å². The predicted molar refractivity (Wildman–Crippen MR) is 106 cm³/mol. The lowest BCUT2D eigenvalue weighted by molar-refractivity contribution is 0.153. The van der Waals surface area contributed by atoms with Gasteiger partial charge in [-0.15, -0.1) is 0 Å². The van der Waals surface area contributed by atoms with Gasteiger partial charge in [0.05, 0.1) is 0 Å². The fraction of sp³-hybridized carbons (Fsp3) is 0.667. The van der Waals surface area contributed by atoms with Crippen LogP contribution in [0.3, 0.4) is 0 Å². The second-order valence-corrected chi connectivity index (χ2v) is 8.36. The van der Waals surface area contributed by atoms with E-state index in [9.17, 15) is 4.79 Å². The Balaban J connectivity index is 1.33. The van der Waals surface area contributed by atoms with E-state index in [2.05, 4.69) is 4.90 Å². The lowest BCUT2D eigenvalue weighted by Crippen LogP contribution is -2.33. The van der Waals surface area contributed by atoms with Crippen LogP contribution < -0.4 is 4.74 Å². The van der Waals surface area contributed by atoms with Crippen LogP contribution >= 0.6 is 11.6 Å². The number of nitrogens with zero attached hydrogens (tertiary/aromatic N) is 2. The molecule has 0 radical (unpaired) electrons. The molecule has 1 saturated carbocycles. The Bertz CT molecular complexity index is 564. The smallest absolute Gasteiger partial charge is 0.410 e. The molecular weight excluding hydrogens is 348 g/mol. The molecule has 0 bridgehead atoms. The van der Waals surface area contributed by atoms with E-state index >= 15 is 0 Å². The molecule has 1 aromatic carbocycles. The Labute approximate surface area is 162 Å². The molecule has 0 spiro atoms. The fourth-order valence-corrected chi connectivity index (χ4v) is 4.31. The molecule has 0 N–H and O–H groups in total. The molecule has 1 amide bonds. The largest absolute Gasteiger partial charge is 0.414 e. The van der Waals surface area contributed by atoms with Crippen LogP contribution in [0.25, 0.3) is 0 Å². The summed E-state index contributed by atoms with van der Waals surface area (Å²) in [6, 6.07) is 6.89. The van der Waals surface area contributed by atoms with Crippen molar-refractivity contribution in [1.82, 2.24) is 9.80 Å². The van der Waals surface area contributed by atoms with E-state index < -0.39 is 0 Å². The molecule has 1 saturated heterocycles. The van der Waals surface area contributed by atoms with Gasteiger partial charge in [0, 0.05) is 25.2 Å². The Morgan fingerprint density at radius 1 is 1.12 bits per heavy atom. The Hall–Kier alpha value is -1.26. The summed E-state index contributed by atoms with van der Waals surface area (Å²) in [5.41, 5.74) is 0. The summed E-state index contributed by atoms with van der Waals surface area (Å²) in [6.45, 7) is 4.68. The van der Waals surface area contributed by atoms with Crippen molar-refractivity contribution in [2.45, 2.75) is 44.9 Å². The molecule has 2 fully saturated rings. The monoisotopic (exact) mass is 378 g/mol. The molecule has 2 aliphatic rings. The lowest BCUT2D eigenvalue weighted by atomic mass is 9.80. The van der Waals surface area contributed by atoms with Crippen LogP contribution in [0, 0.1) is 11.8 Å². The average Bonchev–Trinajstić information content (AvgIpc) is 3.16. The van der Waals surface area contributed by atoms with Crippen LogP contribution in [0.4, 0.5) is 4.79 Å². The van der Waals surface area contributed by atoms with Crippen molar-refractivity contribution in [2.24, 2.45) is 11.8 Å². The number of carbonyl (C=O) groups is 1. The van der Waals surface area contributed by atoms with Crippen LogP contribution in [0.15, 0.2) is 24.3 Å². The number of ether oxygens (including phenoxy) is 1. The number of benzene rings is 1. The third-order valence-corrected chi connectivity index (χ3v) is 6.14. The van der Waals surface area contributed by atoms with Gasteiger partial charge in [0.1, 0.15) is 5.75 Å². The van der Waals surface area contributed by atoms with E-state index in [1.807, 2.05) is 7.05 Å². The maximum Gasteiger partial charge on any atom is 0.414 e. The van der Waals surface area contributed by atoms with Crippen LogP contribution in [0.2, 0.25) is 5.02 Å². The third-order valence-electron chi connectivity index (χ3n) is 5.88. The number of hydrogen-bond acceptors (Lipinski definition) is 3. The zero-order valence-corrected chi connectivity index (χ0v) is 16.6. The molecule has 1 aliphatic heterocycles. The summed E-state index contributed by atoms with van der Waals surface area (Å²) < 4.78 is 5.39. The van der Waals surface area contributed by atoms with Crippen molar-refractivity contribution in [3.63, 3.8) is 0 Å². The molecule has 1 aliphatic carbocycles. The van der Waals surface area contributed by atoms with Gasteiger partial charge in [0.25, 0.3) is 0 Å². The molecule has 1 aromatic rings. The first kappa shape index (κ1) is 19.5. The van der Waals surface area contributed by atoms with Gasteiger partial charge in [-0.3, -0.25) is 0 Å². The summed E-state index contributed by atoms with van der Waals surface area (Å²) in [7, 11) is 1.82. The molecule has 3 rings (SSSR count). The number of hydrogen-bond donors (Lipinski definition) is 0. The predicted octanol–water partition coefficient (Wildman–Crippen LogP) is 5.06. The summed E-state index contributed by atoms with van der Waals surface area (Å²) >= 11 is 5.85. The van der Waals surface area contributed by atoms with Gasteiger partial charge in [-0.05, 0) is 81.3 Å². The van der Waals surface area contributed by atoms with Crippen molar-refractivity contribution in [1.29, 1.82) is 0 Å². The van der Waals surface area contributed by atoms with Gasteiger partial charge >= 0.3 is 6.09 Å². The topological polar surface area (TPSA) is 32.8 Å². The summed E-state index contributed by atoms with van der Waals surface area (Å²) in [4.78, 5) is 16.5. The first-order valence-electron chi connectivity index (χ1n) is 10.0. The first-order valence-corrected chi connectivity index (χ1v) is 10.4. The van der Waals surface area contributed by atoms with Crippen molar-refractivity contribution in [3.8, 4) is 5.75 Å². The van der Waals surface area contributed by atoms with Crippen molar-refractivity contribution < 1.29 is 9.53 Å². The quantitative estimate of drug-likeness (QED) is 0.693. The molecule has 0 aromatic heterocycles. The maximum absolute atomic E-state index is 12.2. The van der Waals surface area contributed by atoms with Crippen LogP contribution in [-0.2, 0) is 0 Å². The molecule has 4 nitrogen and oxygen atoms in total. The molecule has 0 atom stereocenters. The minimum atomic E-state index is -0.296. The zero-order chi connectivity index (χ0) is 18.4. The van der Waals surface area contributed by atoms with Crippen LogP contribution in [0.1, 0.15) is 44.9 Å². The third kappa shape index (κ3) is 5.88. The summed E-state index contributed by atoms with van der Waals surface area (Å²) in [6.07, 6.45) is 8.84. The van der Waals surface area contributed by atoms with Crippen LogP contribution in [-0.4, -0.2) is 49.1 Å². The standard InChI is InChI=1S/C21H31ClN2O2/c1-23(21(25)26-20-10-8-19(22)9-11-20)15-12-17-4-6-18(7-5-17)16-24-13-2-3-14-24/h8-11,17-18H,2-7,12-16H2,1H3/t17-,18-. The Kier molecular flexibility index (Phi) is 7.21. The maximum atomic E-state index is 12.2. The normalized spacial score (nSPS) is 23.8. The minimum Gasteiger partial charge on any atom is -0.410 e. The highest BCUT2D eigenvalue weighted by atomic mass is 35.5. The lowest BCUT2D eigenvalue weighted by Gasteiger charge is -2.31. The molecule has 26 heavy (non-hydrogen) atoms. The van der Waals surface area contributed by atoms with E-state index in [4.69, 9.17) is 16.3 Å². The van der Waals surface area contributed by atoms with Crippen molar-refractivity contribution in [2.75, 3.05) is 33.2 Å². The SMILES string of the molecule is CN(CC[C@H]1CC[C@H](CN2CCCC2)CC1)C(=O)Oc1ccc(Cl)cc1. The fourth-order valence-electron chi connectivity index (χ4n) is 4.18. The molecule has 144 valence electrons. The summed E-state index contributed by atoms with van der Waals surface area (Å²) in [5.74, 6) is 2.17. The van der Waals surface area contributed by atoms with Gasteiger partial charge in [0.2, 0.25) is 0 Å². The molecular formula is C21H31ClN2O2. The molecule has 5 heteroatoms. The molecule has 0 unspecified atom stereocenters. The number of halogens is 1. The van der Waals surface area contributed by atoms with Gasteiger partial charge < -0.3 is 14.5 Å². The number of amides is 1. The second-order valence-electron chi connectivity index (χ2n) is 7.93. The number of carbonyl (C=O) groups excluding carboxylic acids is 1.